The number of nitrogens with zero attached hydrogens (tertiary/aromatic N) is 8. The van der Waals surface area contributed by atoms with Crippen LogP contribution in [0.4, 0.5) is 19.4 Å². The summed E-state index contributed by atoms with van der Waals surface area (Å²) in [6.07, 6.45) is 8.94. The summed E-state index contributed by atoms with van der Waals surface area (Å²) in [5.41, 5.74) is -1.08. The third-order valence-corrected chi connectivity index (χ3v) is 17.5. The second-order valence-corrected chi connectivity index (χ2v) is 26.0. The van der Waals surface area contributed by atoms with Crippen molar-refractivity contribution in [3.8, 4) is 32.4 Å². The van der Waals surface area contributed by atoms with Crippen molar-refractivity contribution in [2.45, 2.75) is 173 Å². The summed E-state index contributed by atoms with van der Waals surface area (Å²) in [4.78, 5) is 79.9. The number of likely N-dealkylation sites (tertiary alicyclic amines) is 3. The second-order valence-electron chi connectivity index (χ2n) is 24.9. The molecule has 6 aliphatic heterocycles. The molecule has 85 heavy (non-hydrogen) atoms. The van der Waals surface area contributed by atoms with Crippen LogP contribution in [0.25, 0.3) is 32.9 Å². The number of pyridine rings is 1. The number of piperazine rings is 1. The van der Waals surface area contributed by atoms with Gasteiger partial charge in [-0.15, -0.1) is 0 Å². The van der Waals surface area contributed by atoms with Crippen LogP contribution in [0.2, 0.25) is 0 Å². The Labute approximate surface area is 523 Å². The summed E-state index contributed by atoms with van der Waals surface area (Å²) in [6, 6.07) is 3.98. The van der Waals surface area contributed by atoms with Gasteiger partial charge in [0.15, 0.2) is 6.29 Å². The van der Waals surface area contributed by atoms with Crippen LogP contribution in [0.15, 0.2) is 30.5 Å². The Morgan fingerprint density at radius 2 is 1.69 bits per heavy atom. The Morgan fingerprint density at radius 3 is 2.38 bits per heavy atom. The van der Waals surface area contributed by atoms with Crippen molar-refractivity contribution in [3.05, 3.63) is 47.7 Å². The van der Waals surface area contributed by atoms with Crippen molar-refractivity contribution in [1.82, 2.24) is 34.6 Å². The number of aromatic nitrogens is 3. The molecule has 10 rings (SSSR count). The molecule has 6 fully saturated rings. The van der Waals surface area contributed by atoms with Crippen molar-refractivity contribution in [2.75, 3.05) is 71.8 Å². The van der Waals surface area contributed by atoms with Gasteiger partial charge in [-0.05, 0) is 103 Å². The molecule has 0 spiro atoms. The normalized spacial score (nSPS) is 23.8. The number of benzene rings is 2. The molecule has 460 valence electrons. The van der Waals surface area contributed by atoms with E-state index in [0.717, 1.165) is 57.9 Å². The average molecular weight is 1410 g/mol. The summed E-state index contributed by atoms with van der Waals surface area (Å²) < 4.78 is 77.4. The molecule has 0 saturated carbocycles. The number of carbonyl (C=O) groups is 4. The van der Waals surface area contributed by atoms with Crippen LogP contribution in [-0.2, 0) is 51.6 Å². The zero-order valence-electron chi connectivity index (χ0n) is 50.2. The van der Waals surface area contributed by atoms with E-state index in [9.17, 15) is 19.2 Å². The maximum Gasteiger partial charge on any atom is -0.153 e. The van der Waals surface area contributed by atoms with Crippen LogP contribution >= 0.6 is 9.90 Å². The molecule has 2 bridgehead atoms. The van der Waals surface area contributed by atoms with E-state index >= 15 is 8.78 Å². The Morgan fingerprint density at radius 1 is 0.929 bits per heavy atom. The van der Waals surface area contributed by atoms with Crippen LogP contribution in [0.1, 0.15) is 124 Å². The zero-order chi connectivity index (χ0) is 58.9. The van der Waals surface area contributed by atoms with Crippen LogP contribution < -0.4 is 14.4 Å². The van der Waals surface area contributed by atoms with Gasteiger partial charge < -0.3 is 42.2 Å². The molecular formula is C61H81F2N8O11PSTl-. The first-order valence-corrected chi connectivity index (χ1v) is 31.6. The van der Waals surface area contributed by atoms with Gasteiger partial charge in [-0.25, -0.2) is 9.59 Å². The standard InChI is InChI=1S/C61H77F2N8O11.H3P.H2S.Tl/c1-10-43-46(62)22-18-36-27-41(80-35-76-8)28-44(50(36)43)52-51(63)53-45(30-64-52)55(68-31-38-19-20-39(32-68)70(38)59(75)82-61(5,6)7)66-58(65-53)79-34-40-16-14-25-67(40)24-13-15-37-21-23-48(72)71(37)54(60(2,3)4)56(73)69-33-42(29-47(69)57(74)77-9)81-49-17-11-12-26-78-49;;;/h18,22,27-28,30,37-40,42,47,49,54H,11-17,19-21,23-26,29,31-35H2,2-9H3;1H3;1H2;/p-1/t37?,38?,39?,40-,42+,47-,49?,54+;;;/m0.../s1. The van der Waals surface area contributed by atoms with E-state index in [1.54, 1.807) is 34.2 Å². The number of methoxy groups -OCH3 is 2. The molecule has 5 unspecified atom stereocenters. The molecule has 9 atom stereocenters. The molecule has 2 aromatic carbocycles. The van der Waals surface area contributed by atoms with E-state index in [2.05, 4.69) is 19.2 Å². The number of hydrogen-bond acceptors (Lipinski definition) is 17. The van der Waals surface area contributed by atoms with Crippen LogP contribution in [-0.4, -0.2) is 205 Å². The summed E-state index contributed by atoms with van der Waals surface area (Å²) in [6.45, 7) is 14.7. The molecule has 24 heteroatoms. The molecule has 2 aromatic heterocycles. The maximum absolute atomic E-state index is 17.9. The number of hydrogen-bond donors (Lipinski definition) is 0. The summed E-state index contributed by atoms with van der Waals surface area (Å²) in [7, 11) is 2.82. The quantitative estimate of drug-likeness (QED) is 0.0190. The zero-order valence-corrected chi connectivity index (χ0v) is 57.0. The van der Waals surface area contributed by atoms with E-state index in [1.165, 1.54) is 20.3 Å². The van der Waals surface area contributed by atoms with Crippen LogP contribution in [0.5, 0.6) is 11.8 Å². The fourth-order valence-corrected chi connectivity index (χ4v) is 13.8. The summed E-state index contributed by atoms with van der Waals surface area (Å²) in [5, 5.41) is 1.30. The Balaban J connectivity index is 0.00000470. The van der Waals surface area contributed by atoms with Crippen LogP contribution in [0, 0.1) is 26.4 Å². The smallest absolute Gasteiger partial charge is 0.153 e. The number of halogens is 2. The van der Waals surface area contributed by atoms with E-state index in [-0.39, 0.29) is 146 Å². The number of esters is 1. The molecule has 6 saturated heterocycles. The number of anilines is 1. The fraction of sp³-hybridized carbons (Fsp3) is 0.623. The number of carbonyl (C=O) groups excluding carboxylic acids is 4. The number of rotatable bonds is 17. The second kappa shape index (κ2) is 28.2. The molecule has 19 nitrogen and oxygen atoms in total. The number of fused-ring (bicyclic) bond motifs is 4. The van der Waals surface area contributed by atoms with Crippen molar-refractivity contribution in [1.29, 1.82) is 0 Å². The van der Waals surface area contributed by atoms with Crippen molar-refractivity contribution < 1.29 is 61.1 Å². The summed E-state index contributed by atoms with van der Waals surface area (Å²) >= 11 is 0.256. The number of thiol groups is 1. The number of amides is 3. The predicted octanol–water partition coefficient (Wildman–Crippen LogP) is 7.67. The van der Waals surface area contributed by atoms with Gasteiger partial charge in [0.1, 0.15) is 17.7 Å². The SMILES string of the molecule is COCOc1cc(-c2ncc3c(N4CC5CCC(C4)N5C(=O)OC(C)(C)C)nc(OC[C@@H]4CCCN4CCCC4CCC(=O)N4[C@H](C(=O)N4C[C@H](OC5CCCCO5)C[C@H]4C(=O)OC)C(C)(C)C)nc3c2F)c2c(C#[C][Tl])c(F)ccc2c1.P.[SH-]. The monoisotopic (exact) mass is 1410 g/mol. The van der Waals surface area contributed by atoms with Crippen LogP contribution in [0.3, 0.4) is 0 Å². The molecule has 0 N–H and O–H groups in total. The van der Waals surface area contributed by atoms with Crippen molar-refractivity contribution in [2.24, 2.45) is 5.41 Å². The minimum atomic E-state index is -0.846. The summed E-state index contributed by atoms with van der Waals surface area (Å²) in [5.74, 6) is 1.54. The minimum Gasteiger partial charge on any atom is -0.813 e. The Hall–Kier alpha value is -4.77. The largest absolute Gasteiger partial charge is 0.813 e. The van der Waals surface area contributed by atoms with Crippen molar-refractivity contribution in [3.63, 3.8) is 0 Å². The molecule has 3 amide bonds. The minimum absolute atomic E-state index is 0. The third-order valence-electron chi connectivity index (χ3n) is 17.0. The van der Waals surface area contributed by atoms with Gasteiger partial charge in [0, 0.05) is 38.1 Å². The van der Waals surface area contributed by atoms with Gasteiger partial charge >= 0.3 is 222 Å². The molecular weight excluding hydrogens is 1330 g/mol. The first kappa shape index (κ1) is 66.2. The molecule has 6 aliphatic rings. The van der Waals surface area contributed by atoms with E-state index < -0.39 is 53.1 Å². The van der Waals surface area contributed by atoms with Gasteiger partial charge in [0.2, 0.25) is 11.8 Å². The van der Waals surface area contributed by atoms with E-state index in [4.69, 9.17) is 48.1 Å². The van der Waals surface area contributed by atoms with Gasteiger partial charge in [0.05, 0.1) is 25.3 Å². The first-order valence-electron chi connectivity index (χ1n) is 29.3. The predicted molar refractivity (Wildman–Crippen MR) is 325 cm³/mol. The topological polar surface area (TPSA) is 188 Å². The van der Waals surface area contributed by atoms with Gasteiger partial charge in [-0.1, -0.05) is 20.8 Å². The van der Waals surface area contributed by atoms with Gasteiger partial charge in [0.25, 0.3) is 0 Å². The molecule has 8 heterocycles. The molecule has 0 radical (unpaired) electrons. The fourth-order valence-electron chi connectivity index (χ4n) is 13.3. The van der Waals surface area contributed by atoms with E-state index in [0.29, 0.717) is 73.2 Å². The molecule has 4 aromatic rings. The van der Waals surface area contributed by atoms with E-state index in [1.807, 2.05) is 46.4 Å². The maximum atomic E-state index is 17.9. The first-order chi connectivity index (χ1) is 39.7. The van der Waals surface area contributed by atoms with Gasteiger partial charge in [-0.3, -0.25) is 19.4 Å². The average Bonchev–Trinajstić information content (AvgIpc) is 1.60. The number of ether oxygens (including phenoxy) is 7. The Kier molecular flexibility index (Phi) is 21.9. The molecule has 0 aliphatic carbocycles. The van der Waals surface area contributed by atoms with Gasteiger partial charge in [-0.2, -0.15) is 9.90 Å². The third kappa shape index (κ3) is 14.5. The Bertz CT molecular complexity index is 3150. The van der Waals surface area contributed by atoms with Crippen molar-refractivity contribution >= 4 is 101 Å².